The lowest BCUT2D eigenvalue weighted by Gasteiger charge is -2.36. The van der Waals surface area contributed by atoms with Gasteiger partial charge in [0.15, 0.2) is 0 Å². The van der Waals surface area contributed by atoms with Crippen LogP contribution in [0.15, 0.2) is 34.1 Å². The quantitative estimate of drug-likeness (QED) is 0.326. The van der Waals surface area contributed by atoms with Crippen molar-refractivity contribution in [1.29, 1.82) is 0 Å². The molecule has 0 radical (unpaired) electrons. The van der Waals surface area contributed by atoms with E-state index in [-0.39, 0.29) is 42.1 Å². The lowest BCUT2D eigenvalue weighted by Crippen LogP contribution is -2.57. The molecular formula is C24H27N5O5S2. The van der Waals surface area contributed by atoms with Crippen molar-refractivity contribution >= 4 is 63.6 Å². The highest BCUT2D eigenvalue weighted by atomic mass is 32.2. The summed E-state index contributed by atoms with van der Waals surface area (Å²) in [5, 5.41) is 2.76. The van der Waals surface area contributed by atoms with E-state index < -0.39 is 17.6 Å². The number of carbonyl (C=O) groups is 3. The number of fused-ring (bicyclic) bond motifs is 1. The van der Waals surface area contributed by atoms with Crippen molar-refractivity contribution in [2.45, 2.75) is 33.2 Å². The van der Waals surface area contributed by atoms with Crippen molar-refractivity contribution in [3.05, 3.63) is 45.2 Å². The maximum atomic E-state index is 13.6. The van der Waals surface area contributed by atoms with Gasteiger partial charge in [0.05, 0.1) is 23.5 Å². The Morgan fingerprint density at radius 3 is 2.83 bits per heavy atom. The van der Waals surface area contributed by atoms with E-state index in [1.165, 1.54) is 15.4 Å². The number of pyridine rings is 1. The Labute approximate surface area is 217 Å². The molecule has 2 aliphatic rings. The number of amides is 2. The highest BCUT2D eigenvalue weighted by molar-refractivity contribution is 8.26. The summed E-state index contributed by atoms with van der Waals surface area (Å²) in [4.78, 5) is 60.0. The maximum Gasteiger partial charge on any atom is 0.308 e. The third-order valence-corrected chi connectivity index (χ3v) is 7.09. The van der Waals surface area contributed by atoms with E-state index in [0.29, 0.717) is 34.5 Å². The van der Waals surface area contributed by atoms with Gasteiger partial charge >= 0.3 is 5.97 Å². The average molecular weight is 530 g/mol. The van der Waals surface area contributed by atoms with Crippen LogP contribution in [0.4, 0.5) is 5.82 Å². The number of esters is 1. The van der Waals surface area contributed by atoms with E-state index in [4.69, 9.17) is 21.9 Å². The maximum absolute atomic E-state index is 13.6. The lowest BCUT2D eigenvalue weighted by atomic mass is 10.1. The summed E-state index contributed by atoms with van der Waals surface area (Å²) in [7, 11) is 0. The Bertz CT molecular complexity index is 1320. The van der Waals surface area contributed by atoms with Gasteiger partial charge < -0.3 is 15.0 Å². The number of carbonyl (C=O) groups excluding carboxylic acids is 3. The smallest absolute Gasteiger partial charge is 0.308 e. The summed E-state index contributed by atoms with van der Waals surface area (Å²) in [5.41, 5.74) is 0.126. The van der Waals surface area contributed by atoms with E-state index in [9.17, 15) is 19.2 Å². The minimum absolute atomic E-state index is 0.146. The van der Waals surface area contributed by atoms with Gasteiger partial charge in [-0.05, 0) is 31.1 Å². The van der Waals surface area contributed by atoms with E-state index in [1.54, 1.807) is 36.2 Å². The number of hydrogen-bond donors (Lipinski definition) is 1. The standard InChI is InChI=1S/C24H27N5O5S2/c1-4-34-19(30)12-16-21(31)25-8-10-27(16)20-15(22(32)28-9-6-5-7-18(28)26-20)11-17-23(33)29(13-14(2)3)24(35)36-17/h5-7,9,11,14,16H,4,8,10,12-13H2,1-3H3,(H,25,31)/b17-11-/t16-/m1/s1. The molecule has 2 aromatic rings. The summed E-state index contributed by atoms with van der Waals surface area (Å²) in [6.07, 6.45) is 2.89. The van der Waals surface area contributed by atoms with Gasteiger partial charge in [-0.3, -0.25) is 28.5 Å². The molecule has 190 valence electrons. The monoisotopic (exact) mass is 529 g/mol. The zero-order valence-corrected chi connectivity index (χ0v) is 21.9. The average Bonchev–Trinajstić information content (AvgIpc) is 3.09. The van der Waals surface area contributed by atoms with E-state index >= 15 is 0 Å². The molecule has 0 aromatic carbocycles. The summed E-state index contributed by atoms with van der Waals surface area (Å²) in [5.74, 6) is -0.728. The molecule has 12 heteroatoms. The molecule has 10 nitrogen and oxygen atoms in total. The fourth-order valence-electron chi connectivity index (χ4n) is 4.14. The van der Waals surface area contributed by atoms with Crippen LogP contribution in [-0.4, -0.2) is 68.7 Å². The molecule has 0 bridgehead atoms. The van der Waals surface area contributed by atoms with Crippen molar-refractivity contribution in [3.63, 3.8) is 0 Å². The van der Waals surface area contributed by atoms with Crippen LogP contribution in [0.2, 0.25) is 0 Å². The number of ether oxygens (including phenoxy) is 1. The lowest BCUT2D eigenvalue weighted by molar-refractivity contribution is -0.145. The Hall–Kier alpha value is -3.25. The minimum Gasteiger partial charge on any atom is -0.466 e. The van der Waals surface area contributed by atoms with Crippen LogP contribution in [0.1, 0.15) is 32.8 Å². The number of aromatic nitrogens is 2. The van der Waals surface area contributed by atoms with Crippen LogP contribution >= 0.6 is 24.0 Å². The zero-order chi connectivity index (χ0) is 26.0. The molecule has 0 spiro atoms. The summed E-state index contributed by atoms with van der Waals surface area (Å²) >= 11 is 6.54. The molecule has 1 atom stereocenters. The van der Waals surface area contributed by atoms with E-state index in [0.717, 1.165) is 11.8 Å². The number of thiocarbonyl (C=S) groups is 1. The minimum atomic E-state index is -0.918. The molecule has 1 N–H and O–H groups in total. The van der Waals surface area contributed by atoms with Gasteiger partial charge in [-0.1, -0.05) is 43.9 Å². The summed E-state index contributed by atoms with van der Waals surface area (Å²) in [6.45, 7) is 6.96. The third-order valence-electron chi connectivity index (χ3n) is 5.71. The van der Waals surface area contributed by atoms with Crippen molar-refractivity contribution < 1.29 is 19.1 Å². The Kier molecular flexibility index (Phi) is 7.74. The second-order valence-electron chi connectivity index (χ2n) is 8.78. The van der Waals surface area contributed by atoms with Crippen LogP contribution in [0, 0.1) is 5.92 Å². The molecule has 2 aliphatic heterocycles. The van der Waals surface area contributed by atoms with Gasteiger partial charge in [0.25, 0.3) is 11.5 Å². The van der Waals surface area contributed by atoms with Crippen LogP contribution in [0.5, 0.6) is 0 Å². The SMILES string of the molecule is CCOC(=O)C[C@@H]1C(=O)NCCN1c1nc2ccccn2c(=O)c1/C=C1\SC(=S)N(CC(C)C)C1=O. The van der Waals surface area contributed by atoms with E-state index in [1.807, 2.05) is 13.8 Å². The van der Waals surface area contributed by atoms with E-state index in [2.05, 4.69) is 5.32 Å². The van der Waals surface area contributed by atoms with Crippen LogP contribution in [0.3, 0.4) is 0 Å². The first-order valence-electron chi connectivity index (χ1n) is 11.7. The second-order valence-corrected chi connectivity index (χ2v) is 10.5. The van der Waals surface area contributed by atoms with Crippen LogP contribution < -0.4 is 15.8 Å². The topological polar surface area (TPSA) is 113 Å². The second kappa shape index (κ2) is 10.8. The third kappa shape index (κ3) is 5.14. The Balaban J connectivity index is 1.85. The van der Waals surface area contributed by atoms with Gasteiger partial charge in [0.2, 0.25) is 5.91 Å². The van der Waals surface area contributed by atoms with Crippen molar-refractivity contribution in [2.24, 2.45) is 5.92 Å². The predicted molar refractivity (Wildman–Crippen MR) is 142 cm³/mol. The molecule has 0 aliphatic carbocycles. The number of anilines is 1. The number of rotatable bonds is 7. The Morgan fingerprint density at radius 2 is 2.11 bits per heavy atom. The first kappa shape index (κ1) is 25.8. The van der Waals surface area contributed by atoms with Crippen LogP contribution in [-0.2, 0) is 19.1 Å². The molecule has 36 heavy (non-hydrogen) atoms. The van der Waals surface area contributed by atoms with Crippen molar-refractivity contribution in [2.75, 3.05) is 31.1 Å². The van der Waals surface area contributed by atoms with Gasteiger partial charge in [-0.25, -0.2) is 4.98 Å². The zero-order valence-electron chi connectivity index (χ0n) is 20.2. The van der Waals surface area contributed by atoms with Crippen LogP contribution in [0.25, 0.3) is 11.7 Å². The largest absolute Gasteiger partial charge is 0.466 e. The first-order valence-corrected chi connectivity index (χ1v) is 12.9. The van der Waals surface area contributed by atoms with Gasteiger partial charge in [-0.15, -0.1) is 0 Å². The number of hydrogen-bond acceptors (Lipinski definition) is 9. The number of nitrogens with one attached hydrogen (secondary N) is 1. The normalized spacial score (nSPS) is 19.5. The Morgan fingerprint density at radius 1 is 1.33 bits per heavy atom. The highest BCUT2D eigenvalue weighted by Crippen LogP contribution is 2.34. The van der Waals surface area contributed by atoms with Gasteiger partial charge in [0.1, 0.15) is 21.8 Å². The number of thioether (sulfide) groups is 1. The number of nitrogens with zero attached hydrogens (tertiary/aromatic N) is 4. The fourth-order valence-corrected chi connectivity index (χ4v) is 5.40. The summed E-state index contributed by atoms with van der Waals surface area (Å²) < 4.78 is 6.87. The highest BCUT2D eigenvalue weighted by Gasteiger charge is 2.37. The molecule has 2 fully saturated rings. The molecule has 2 saturated heterocycles. The molecule has 2 aromatic heterocycles. The fraction of sp³-hybridized carbons (Fsp3) is 0.417. The number of piperazine rings is 1. The predicted octanol–water partition coefficient (Wildman–Crippen LogP) is 1.81. The van der Waals surface area contributed by atoms with Crippen molar-refractivity contribution in [1.82, 2.24) is 19.6 Å². The molecule has 4 heterocycles. The van der Waals surface area contributed by atoms with Gasteiger partial charge in [-0.2, -0.15) is 0 Å². The molecular weight excluding hydrogens is 502 g/mol. The molecule has 2 amide bonds. The first-order chi connectivity index (χ1) is 17.2. The van der Waals surface area contributed by atoms with Gasteiger partial charge in [0, 0.05) is 25.8 Å². The molecule has 0 unspecified atom stereocenters. The van der Waals surface area contributed by atoms with Crippen molar-refractivity contribution in [3.8, 4) is 0 Å². The summed E-state index contributed by atoms with van der Waals surface area (Å²) in [6, 6.07) is 4.22. The molecule has 4 rings (SSSR count). The molecule has 0 saturated carbocycles.